The molecule has 1 heterocycles. The Bertz CT molecular complexity index is 539. The van der Waals surface area contributed by atoms with Gasteiger partial charge in [0.25, 0.3) is 0 Å². The van der Waals surface area contributed by atoms with Crippen LogP contribution in [0, 0.1) is 12.7 Å². The van der Waals surface area contributed by atoms with Crippen molar-refractivity contribution in [2.75, 3.05) is 0 Å². The maximum atomic E-state index is 12.9. The highest BCUT2D eigenvalue weighted by molar-refractivity contribution is 7.83. The number of nitrogens with zero attached hydrogens (tertiary/aromatic N) is 1. The first-order valence-electron chi connectivity index (χ1n) is 5.15. The van der Waals surface area contributed by atoms with Crippen molar-refractivity contribution in [3.63, 3.8) is 0 Å². The third kappa shape index (κ3) is 3.49. The first-order chi connectivity index (χ1) is 8.13. The van der Waals surface area contributed by atoms with Crippen LogP contribution in [0.2, 0.25) is 0 Å². The first kappa shape index (κ1) is 12.0. The second kappa shape index (κ2) is 5.23. The van der Waals surface area contributed by atoms with E-state index in [9.17, 15) is 8.60 Å². The summed E-state index contributed by atoms with van der Waals surface area (Å²) in [6.45, 7) is 1.81. The molecule has 0 saturated heterocycles. The van der Waals surface area contributed by atoms with E-state index in [-0.39, 0.29) is 5.82 Å². The molecule has 0 aliphatic heterocycles. The summed E-state index contributed by atoms with van der Waals surface area (Å²) >= 11 is 0. The van der Waals surface area contributed by atoms with Gasteiger partial charge in [0.15, 0.2) is 0 Å². The number of aryl methyl sites for hydroxylation is 1. The molecule has 90 valence electrons. The number of rotatable bonds is 4. The molecular formula is C12H12FNO2S. The van der Waals surface area contributed by atoms with Crippen LogP contribution in [0.4, 0.5) is 4.39 Å². The van der Waals surface area contributed by atoms with Gasteiger partial charge in [-0.3, -0.25) is 4.21 Å². The zero-order chi connectivity index (χ0) is 12.3. The number of hydrogen-bond acceptors (Lipinski definition) is 3. The van der Waals surface area contributed by atoms with Gasteiger partial charge < -0.3 is 4.52 Å². The summed E-state index contributed by atoms with van der Waals surface area (Å²) in [6, 6.07) is 7.88. The Kier molecular flexibility index (Phi) is 3.68. The molecule has 0 amide bonds. The maximum absolute atomic E-state index is 12.9. The van der Waals surface area contributed by atoms with Gasteiger partial charge in [0.1, 0.15) is 11.6 Å². The molecule has 2 rings (SSSR count). The molecule has 5 heteroatoms. The molecule has 2 aromatic rings. The van der Waals surface area contributed by atoms with Crippen LogP contribution in [0.25, 0.3) is 0 Å². The fourth-order valence-electron chi connectivity index (χ4n) is 1.51. The smallest absolute Gasteiger partial charge is 0.149 e. The van der Waals surface area contributed by atoms with E-state index in [1.807, 2.05) is 6.92 Å². The largest absolute Gasteiger partial charge is 0.360 e. The molecule has 0 saturated carbocycles. The molecule has 1 atom stereocenters. The van der Waals surface area contributed by atoms with Crippen LogP contribution in [0.3, 0.4) is 0 Å². The van der Waals surface area contributed by atoms with Crippen LogP contribution in [0.15, 0.2) is 34.9 Å². The van der Waals surface area contributed by atoms with Gasteiger partial charge >= 0.3 is 0 Å². The molecule has 0 N–H and O–H groups in total. The molecule has 1 aromatic heterocycles. The highest BCUT2D eigenvalue weighted by atomic mass is 32.2. The van der Waals surface area contributed by atoms with Gasteiger partial charge in [-0.2, -0.15) is 0 Å². The predicted octanol–water partition coefficient (Wildman–Crippen LogP) is 2.57. The van der Waals surface area contributed by atoms with Crippen LogP contribution < -0.4 is 0 Å². The first-order valence-corrected chi connectivity index (χ1v) is 6.64. The van der Waals surface area contributed by atoms with Crippen LogP contribution in [-0.2, 0) is 22.3 Å². The van der Waals surface area contributed by atoms with E-state index in [4.69, 9.17) is 4.52 Å². The lowest BCUT2D eigenvalue weighted by Crippen LogP contribution is -1.99. The summed E-state index contributed by atoms with van der Waals surface area (Å²) in [5.41, 5.74) is 1.49. The maximum Gasteiger partial charge on any atom is 0.149 e. The van der Waals surface area contributed by atoms with E-state index in [0.717, 1.165) is 11.3 Å². The van der Waals surface area contributed by atoms with Gasteiger partial charge in [0.05, 0.1) is 11.4 Å². The molecular weight excluding hydrogens is 241 g/mol. The summed E-state index contributed by atoms with van der Waals surface area (Å²) in [6.07, 6.45) is 0. The minimum atomic E-state index is -1.12. The van der Waals surface area contributed by atoms with E-state index in [1.165, 1.54) is 12.1 Å². The lowest BCUT2D eigenvalue weighted by molar-refractivity contribution is 0.390. The van der Waals surface area contributed by atoms with Gasteiger partial charge in [0, 0.05) is 22.6 Å². The van der Waals surface area contributed by atoms with Crippen molar-refractivity contribution < 1.29 is 13.1 Å². The molecule has 0 unspecified atom stereocenters. The number of benzene rings is 1. The highest BCUT2D eigenvalue weighted by Gasteiger charge is 2.08. The quantitative estimate of drug-likeness (QED) is 0.841. The Morgan fingerprint density at radius 3 is 2.82 bits per heavy atom. The van der Waals surface area contributed by atoms with E-state index >= 15 is 0 Å². The molecule has 0 radical (unpaired) electrons. The monoisotopic (exact) mass is 253 g/mol. The summed E-state index contributed by atoms with van der Waals surface area (Å²) in [7, 11) is -1.12. The van der Waals surface area contributed by atoms with Crippen molar-refractivity contribution in [1.82, 2.24) is 5.16 Å². The van der Waals surface area contributed by atoms with Gasteiger partial charge in [-0.05, 0) is 24.6 Å². The molecule has 0 fully saturated rings. The molecule has 0 aliphatic carbocycles. The topological polar surface area (TPSA) is 43.1 Å². The van der Waals surface area contributed by atoms with E-state index in [1.54, 1.807) is 18.2 Å². The molecule has 1 aromatic carbocycles. The normalized spacial score (nSPS) is 12.6. The third-order valence-electron chi connectivity index (χ3n) is 2.20. The highest BCUT2D eigenvalue weighted by Crippen LogP contribution is 2.11. The van der Waals surface area contributed by atoms with Gasteiger partial charge in [0.2, 0.25) is 0 Å². The average molecular weight is 253 g/mol. The van der Waals surface area contributed by atoms with Crippen LogP contribution in [0.5, 0.6) is 0 Å². The zero-order valence-electron chi connectivity index (χ0n) is 9.35. The molecule has 0 bridgehead atoms. The summed E-state index contributed by atoms with van der Waals surface area (Å²) in [5.74, 6) is 0.904. The number of halogens is 1. The average Bonchev–Trinajstić information content (AvgIpc) is 2.63. The van der Waals surface area contributed by atoms with Crippen molar-refractivity contribution in [2.45, 2.75) is 18.4 Å². The van der Waals surface area contributed by atoms with Crippen molar-refractivity contribution in [3.8, 4) is 0 Å². The SMILES string of the molecule is Cc1cc(C[S@](=O)Cc2cccc(F)c2)on1. The van der Waals surface area contributed by atoms with Crippen LogP contribution in [-0.4, -0.2) is 9.37 Å². The lowest BCUT2D eigenvalue weighted by atomic mass is 10.2. The van der Waals surface area contributed by atoms with Gasteiger partial charge in [-0.1, -0.05) is 17.3 Å². The fraction of sp³-hybridized carbons (Fsp3) is 0.250. The Morgan fingerprint density at radius 2 is 2.18 bits per heavy atom. The Hall–Kier alpha value is -1.49. The van der Waals surface area contributed by atoms with E-state index in [0.29, 0.717) is 17.3 Å². The van der Waals surface area contributed by atoms with E-state index in [2.05, 4.69) is 5.16 Å². The third-order valence-corrected chi connectivity index (χ3v) is 3.46. The van der Waals surface area contributed by atoms with Crippen molar-refractivity contribution in [2.24, 2.45) is 0 Å². The molecule has 0 aliphatic rings. The molecule has 3 nitrogen and oxygen atoms in total. The van der Waals surface area contributed by atoms with Crippen molar-refractivity contribution >= 4 is 10.8 Å². The van der Waals surface area contributed by atoms with Crippen LogP contribution in [0.1, 0.15) is 17.0 Å². The summed E-state index contributed by atoms with van der Waals surface area (Å²) in [5, 5.41) is 3.72. The zero-order valence-corrected chi connectivity index (χ0v) is 10.2. The Morgan fingerprint density at radius 1 is 1.35 bits per heavy atom. The lowest BCUT2D eigenvalue weighted by Gasteiger charge is -2.00. The van der Waals surface area contributed by atoms with E-state index < -0.39 is 10.8 Å². The van der Waals surface area contributed by atoms with Gasteiger partial charge in [-0.25, -0.2) is 4.39 Å². The summed E-state index contributed by atoms with van der Waals surface area (Å²) < 4.78 is 29.7. The fourth-order valence-corrected chi connectivity index (χ4v) is 2.61. The summed E-state index contributed by atoms with van der Waals surface area (Å²) in [4.78, 5) is 0. The number of hydrogen-bond donors (Lipinski definition) is 0. The Balaban J connectivity index is 1.98. The van der Waals surface area contributed by atoms with Crippen molar-refractivity contribution in [3.05, 3.63) is 53.2 Å². The molecule has 17 heavy (non-hydrogen) atoms. The molecule has 0 spiro atoms. The predicted molar refractivity (Wildman–Crippen MR) is 63.2 cm³/mol. The second-order valence-electron chi connectivity index (χ2n) is 3.79. The van der Waals surface area contributed by atoms with Crippen molar-refractivity contribution in [1.29, 1.82) is 0 Å². The Labute approximate surface area is 101 Å². The number of aromatic nitrogens is 1. The van der Waals surface area contributed by atoms with Crippen LogP contribution >= 0.6 is 0 Å². The van der Waals surface area contributed by atoms with Gasteiger partial charge in [-0.15, -0.1) is 0 Å². The minimum Gasteiger partial charge on any atom is -0.360 e. The second-order valence-corrected chi connectivity index (χ2v) is 5.25. The standard InChI is InChI=1S/C12H12FNO2S/c1-9-5-12(16-14-9)8-17(15)7-10-3-2-4-11(13)6-10/h2-6H,7-8H2,1H3/t17-/m1/s1. The minimum absolute atomic E-state index is 0.303.